The van der Waals surface area contributed by atoms with E-state index < -0.39 is 17.7 Å². The van der Waals surface area contributed by atoms with Crippen LogP contribution in [0.5, 0.6) is 0 Å². The molecule has 0 saturated heterocycles. The van der Waals surface area contributed by atoms with Crippen LogP contribution in [-0.4, -0.2) is 38.4 Å². The third-order valence-electron chi connectivity index (χ3n) is 7.21. The summed E-state index contributed by atoms with van der Waals surface area (Å²) in [7, 11) is 3.32. The fourth-order valence-electron chi connectivity index (χ4n) is 5.35. The lowest BCUT2D eigenvalue weighted by atomic mass is 9.91. The summed E-state index contributed by atoms with van der Waals surface area (Å²) in [5, 5.41) is 7.24. The number of nitrogens with zero attached hydrogens (tertiary/aromatic N) is 4. The minimum atomic E-state index is -0.932. The molecule has 7 nitrogen and oxygen atoms in total. The van der Waals surface area contributed by atoms with Gasteiger partial charge in [0, 0.05) is 40.3 Å². The Labute approximate surface area is 259 Å². The van der Waals surface area contributed by atoms with Gasteiger partial charge in [-0.15, -0.1) is 11.3 Å². The van der Waals surface area contributed by atoms with E-state index >= 15 is 0 Å². The van der Waals surface area contributed by atoms with Gasteiger partial charge in [-0.25, -0.2) is 9.78 Å². The third-order valence-corrected chi connectivity index (χ3v) is 8.60. The molecule has 0 fully saturated rings. The lowest BCUT2D eigenvalue weighted by Gasteiger charge is -2.28. The van der Waals surface area contributed by atoms with Gasteiger partial charge in [-0.05, 0) is 87.4 Å². The van der Waals surface area contributed by atoms with E-state index in [0.29, 0.717) is 5.02 Å². The van der Waals surface area contributed by atoms with Crippen molar-refractivity contribution in [2.75, 3.05) is 7.11 Å². The number of hydrogen-bond donors (Lipinski definition) is 0. The van der Waals surface area contributed by atoms with Gasteiger partial charge < -0.3 is 9.47 Å². The first-order valence-corrected chi connectivity index (χ1v) is 15.1. The molecule has 6 rings (SSSR count). The molecule has 1 atom stereocenters. The third kappa shape index (κ3) is 5.54. The maximum atomic E-state index is 13.2. The molecule has 43 heavy (non-hydrogen) atoms. The van der Waals surface area contributed by atoms with Crippen LogP contribution in [0.2, 0.25) is 5.02 Å². The average molecular weight is 611 g/mol. The highest BCUT2D eigenvalue weighted by Gasteiger charge is 2.33. The number of rotatable bonds is 6. The molecule has 0 radical (unpaired) electrons. The van der Waals surface area contributed by atoms with Crippen LogP contribution in [0, 0.1) is 6.92 Å². The Bertz CT molecular complexity index is 1980. The maximum Gasteiger partial charge on any atom is 0.339 e. The monoisotopic (exact) mass is 610 g/mol. The first-order chi connectivity index (χ1) is 20.5. The van der Waals surface area contributed by atoms with E-state index in [9.17, 15) is 4.79 Å². The number of methoxy groups -OCH3 is 1. The SMILES string of the molecule is COC(=O)C(OC(C)(C)C)c1c(C)cc2nc(-c3ccc4c(c3)c(-c3ccccn3)nn4C)sc2c1-c1ccc(Cl)cc1. The first-order valence-electron chi connectivity index (χ1n) is 13.9. The van der Waals surface area contributed by atoms with Gasteiger partial charge >= 0.3 is 5.97 Å². The average Bonchev–Trinajstić information content (AvgIpc) is 3.56. The van der Waals surface area contributed by atoms with Gasteiger partial charge in [0.2, 0.25) is 0 Å². The van der Waals surface area contributed by atoms with Gasteiger partial charge in [0.05, 0.1) is 34.1 Å². The normalized spacial score (nSPS) is 12.6. The summed E-state index contributed by atoms with van der Waals surface area (Å²) in [4.78, 5) is 22.9. The Hall–Kier alpha value is -4.11. The number of ether oxygens (including phenoxy) is 2. The zero-order valence-corrected chi connectivity index (χ0v) is 26.4. The van der Waals surface area contributed by atoms with Crippen molar-refractivity contribution in [3.63, 3.8) is 0 Å². The standard InChI is InChI=1S/C34H31ClN4O3S/c1-19-17-25-31(28(20-10-13-22(35)14-11-20)27(19)30(33(40)41-6)42-34(2,3)4)43-32(37-25)21-12-15-26-23(18-21)29(38-39(26)5)24-9-7-8-16-36-24/h7-18,30H,1-6H3. The Morgan fingerprint density at radius 3 is 2.44 bits per heavy atom. The number of pyridine rings is 1. The summed E-state index contributed by atoms with van der Waals surface area (Å²) in [6.07, 6.45) is 0.842. The number of esters is 1. The molecule has 6 aromatic rings. The van der Waals surface area contributed by atoms with E-state index in [4.69, 9.17) is 31.2 Å². The summed E-state index contributed by atoms with van der Waals surface area (Å²) in [6.45, 7) is 7.77. The number of carbonyl (C=O) groups is 1. The van der Waals surface area contributed by atoms with E-state index in [1.165, 1.54) is 7.11 Å². The molecule has 0 aliphatic heterocycles. The minimum absolute atomic E-state index is 0.457. The number of aryl methyl sites for hydroxylation is 2. The first kappa shape index (κ1) is 29.0. The van der Waals surface area contributed by atoms with Crippen molar-refractivity contribution < 1.29 is 14.3 Å². The quantitative estimate of drug-likeness (QED) is 0.176. The highest BCUT2D eigenvalue weighted by Crippen LogP contribution is 2.45. The van der Waals surface area contributed by atoms with Crippen LogP contribution in [0.3, 0.4) is 0 Å². The zero-order chi connectivity index (χ0) is 30.5. The highest BCUT2D eigenvalue weighted by molar-refractivity contribution is 7.22. The second kappa shape index (κ2) is 11.2. The number of thiazole rings is 1. The minimum Gasteiger partial charge on any atom is -0.467 e. The number of benzene rings is 3. The van der Waals surface area contributed by atoms with E-state index in [2.05, 4.69) is 23.2 Å². The molecule has 9 heteroatoms. The molecule has 0 saturated carbocycles. The van der Waals surface area contributed by atoms with Crippen LogP contribution < -0.4 is 0 Å². The molecule has 3 heterocycles. The van der Waals surface area contributed by atoms with Crippen molar-refractivity contribution in [2.45, 2.75) is 39.4 Å². The van der Waals surface area contributed by atoms with E-state index in [1.54, 1.807) is 17.5 Å². The van der Waals surface area contributed by atoms with Crippen LogP contribution in [0.1, 0.15) is 38.0 Å². The van der Waals surface area contributed by atoms with Crippen LogP contribution >= 0.6 is 22.9 Å². The summed E-state index contributed by atoms with van der Waals surface area (Å²) in [5.41, 5.74) is 7.28. The molecule has 0 spiro atoms. The number of aromatic nitrogens is 4. The lowest BCUT2D eigenvalue weighted by molar-refractivity contribution is -0.164. The van der Waals surface area contributed by atoms with Gasteiger partial charge in [-0.3, -0.25) is 9.67 Å². The van der Waals surface area contributed by atoms with Gasteiger partial charge in [-0.2, -0.15) is 5.10 Å². The second-order valence-electron chi connectivity index (χ2n) is 11.4. The maximum absolute atomic E-state index is 13.2. The second-order valence-corrected chi connectivity index (χ2v) is 12.8. The lowest BCUT2D eigenvalue weighted by Crippen LogP contribution is -2.29. The van der Waals surface area contributed by atoms with Crippen molar-refractivity contribution >= 4 is 50.0 Å². The highest BCUT2D eigenvalue weighted by atomic mass is 35.5. The number of carbonyl (C=O) groups excluding carboxylic acids is 1. The van der Waals surface area contributed by atoms with Crippen molar-refractivity contribution in [3.8, 4) is 33.1 Å². The number of hydrogen-bond acceptors (Lipinski definition) is 7. The van der Waals surface area contributed by atoms with Crippen LogP contribution in [0.4, 0.5) is 0 Å². The molecule has 218 valence electrons. The number of fused-ring (bicyclic) bond motifs is 2. The summed E-state index contributed by atoms with van der Waals surface area (Å²) in [6, 6.07) is 21.7. The Balaban J connectivity index is 1.59. The predicted octanol–water partition coefficient (Wildman–Crippen LogP) is 8.57. The van der Waals surface area contributed by atoms with Gasteiger partial charge in [0.1, 0.15) is 10.7 Å². The van der Waals surface area contributed by atoms with Crippen molar-refractivity contribution in [2.24, 2.45) is 7.05 Å². The molecule has 0 amide bonds. The molecule has 0 aliphatic carbocycles. The molecule has 1 unspecified atom stereocenters. The Morgan fingerprint density at radius 2 is 1.77 bits per heavy atom. The molecular formula is C34H31ClN4O3S. The summed E-state index contributed by atoms with van der Waals surface area (Å²) in [5.74, 6) is -0.457. The van der Waals surface area contributed by atoms with Crippen LogP contribution in [0.25, 0.3) is 54.2 Å². The van der Waals surface area contributed by atoms with Crippen molar-refractivity contribution in [1.82, 2.24) is 19.7 Å². The molecule has 3 aromatic carbocycles. The smallest absolute Gasteiger partial charge is 0.339 e. The van der Waals surface area contributed by atoms with Crippen molar-refractivity contribution in [1.29, 1.82) is 0 Å². The van der Waals surface area contributed by atoms with Crippen LogP contribution in [0.15, 0.2) is 72.9 Å². The van der Waals surface area contributed by atoms with E-state index in [0.717, 1.165) is 65.3 Å². The zero-order valence-electron chi connectivity index (χ0n) is 24.8. The fraction of sp³-hybridized carbons (Fsp3) is 0.235. The summed E-state index contributed by atoms with van der Waals surface area (Å²) < 4.78 is 14.4. The van der Waals surface area contributed by atoms with E-state index in [-0.39, 0.29) is 0 Å². The summed E-state index contributed by atoms with van der Waals surface area (Å²) >= 11 is 7.86. The van der Waals surface area contributed by atoms with E-state index in [1.807, 2.05) is 88.0 Å². The molecule has 0 bridgehead atoms. The largest absolute Gasteiger partial charge is 0.467 e. The molecule has 0 aliphatic rings. The van der Waals surface area contributed by atoms with Gasteiger partial charge in [0.25, 0.3) is 0 Å². The van der Waals surface area contributed by atoms with Crippen molar-refractivity contribution in [3.05, 3.63) is 89.1 Å². The molecule has 3 aromatic heterocycles. The van der Waals surface area contributed by atoms with Gasteiger partial charge in [0.15, 0.2) is 6.10 Å². The number of halogens is 1. The molecule has 0 N–H and O–H groups in total. The Kier molecular flexibility index (Phi) is 7.54. The van der Waals surface area contributed by atoms with Gasteiger partial charge in [-0.1, -0.05) is 29.8 Å². The van der Waals surface area contributed by atoms with Crippen LogP contribution in [-0.2, 0) is 21.3 Å². The molecular weight excluding hydrogens is 580 g/mol. The topological polar surface area (TPSA) is 79.1 Å². The fourth-order valence-corrected chi connectivity index (χ4v) is 6.60. The predicted molar refractivity (Wildman–Crippen MR) is 173 cm³/mol. The Morgan fingerprint density at radius 1 is 1.02 bits per heavy atom.